The Hall–Kier alpha value is -4.13. The van der Waals surface area contributed by atoms with E-state index in [0.29, 0.717) is 24.4 Å². The van der Waals surface area contributed by atoms with Crippen molar-refractivity contribution in [2.24, 2.45) is 0 Å². The number of ether oxygens (including phenoxy) is 1. The van der Waals surface area contributed by atoms with E-state index in [-0.39, 0.29) is 35.9 Å². The number of thiazole rings is 1. The topological polar surface area (TPSA) is 119 Å². The predicted octanol–water partition coefficient (Wildman–Crippen LogP) is 6.23. The van der Waals surface area contributed by atoms with Crippen LogP contribution >= 0.6 is 11.3 Å². The summed E-state index contributed by atoms with van der Waals surface area (Å²) in [7, 11) is -3.84. The number of fused-ring (bicyclic) bond motifs is 2. The van der Waals surface area contributed by atoms with E-state index < -0.39 is 15.6 Å². The largest absolute Gasteiger partial charge is 0.488 e. The fourth-order valence-electron chi connectivity index (χ4n) is 6.50. The Morgan fingerprint density at radius 2 is 1.91 bits per heavy atom. The lowest BCUT2D eigenvalue weighted by molar-refractivity contribution is 0.0901. The number of rotatable bonds is 9. The molecule has 0 bridgehead atoms. The molecule has 1 amide bonds. The molecular weight excluding hydrogens is 633 g/mol. The Morgan fingerprint density at radius 3 is 2.64 bits per heavy atom. The highest BCUT2D eigenvalue weighted by Crippen LogP contribution is 2.40. The summed E-state index contributed by atoms with van der Waals surface area (Å²) in [5, 5.41) is 13.8. The van der Waals surface area contributed by atoms with Gasteiger partial charge in [0.15, 0.2) is 0 Å². The van der Waals surface area contributed by atoms with Gasteiger partial charge in [-0.3, -0.25) is 4.79 Å². The SMILES string of the molecule is CC[C@@H]1CN(Cc2cc(C(c3ccc4c(nnn4CC)c3C)C(C)(C)NC(=O)c3cscn3)ccc2C)S(=O)(=O)c2ccccc2O1. The van der Waals surface area contributed by atoms with Gasteiger partial charge in [0.05, 0.1) is 17.6 Å². The van der Waals surface area contributed by atoms with Crippen molar-refractivity contribution in [1.82, 2.24) is 29.6 Å². The highest BCUT2D eigenvalue weighted by molar-refractivity contribution is 7.89. The van der Waals surface area contributed by atoms with E-state index in [1.165, 1.54) is 15.6 Å². The van der Waals surface area contributed by atoms with Crippen molar-refractivity contribution < 1.29 is 17.9 Å². The molecule has 1 N–H and O–H groups in total. The average molecular weight is 673 g/mol. The zero-order chi connectivity index (χ0) is 33.5. The molecular formula is C35H40N6O4S2. The minimum Gasteiger partial charge on any atom is -0.488 e. The number of aromatic nitrogens is 4. The van der Waals surface area contributed by atoms with Crippen LogP contribution in [0.15, 0.2) is 70.4 Å². The first-order valence-electron chi connectivity index (χ1n) is 15.8. The normalized spacial score (nSPS) is 17.1. The number of hydrogen-bond donors (Lipinski definition) is 1. The van der Waals surface area contributed by atoms with Crippen LogP contribution in [0.1, 0.15) is 78.3 Å². The Bertz CT molecular complexity index is 2040. The van der Waals surface area contributed by atoms with Crippen molar-refractivity contribution in [3.05, 3.63) is 99.0 Å². The van der Waals surface area contributed by atoms with E-state index in [1.54, 1.807) is 35.2 Å². The first-order chi connectivity index (χ1) is 22.4. The number of benzene rings is 3. The molecule has 47 heavy (non-hydrogen) atoms. The van der Waals surface area contributed by atoms with Crippen molar-refractivity contribution in [2.45, 2.75) is 83.5 Å². The van der Waals surface area contributed by atoms with Gasteiger partial charge in [0.25, 0.3) is 5.91 Å². The van der Waals surface area contributed by atoms with Gasteiger partial charge in [-0.25, -0.2) is 18.1 Å². The molecule has 5 aromatic rings. The summed E-state index contributed by atoms with van der Waals surface area (Å²) in [4.78, 5) is 17.8. The van der Waals surface area contributed by atoms with Gasteiger partial charge in [-0.15, -0.1) is 16.4 Å². The summed E-state index contributed by atoms with van der Waals surface area (Å²) in [6.07, 6.45) is 0.383. The van der Waals surface area contributed by atoms with Crippen molar-refractivity contribution in [1.29, 1.82) is 0 Å². The van der Waals surface area contributed by atoms with Gasteiger partial charge in [0, 0.05) is 29.9 Å². The monoisotopic (exact) mass is 672 g/mol. The highest BCUT2D eigenvalue weighted by Gasteiger charge is 2.38. The van der Waals surface area contributed by atoms with E-state index in [2.05, 4.69) is 38.8 Å². The van der Waals surface area contributed by atoms with E-state index in [0.717, 1.165) is 38.9 Å². The number of hydrogen-bond acceptors (Lipinski definition) is 8. The Kier molecular flexibility index (Phi) is 8.94. The van der Waals surface area contributed by atoms with Crippen LogP contribution in [0.3, 0.4) is 0 Å². The molecule has 6 rings (SSSR count). The van der Waals surface area contributed by atoms with Gasteiger partial charge >= 0.3 is 0 Å². The van der Waals surface area contributed by atoms with Gasteiger partial charge in [-0.05, 0) is 87.1 Å². The molecule has 0 saturated heterocycles. The lowest BCUT2D eigenvalue weighted by Gasteiger charge is -2.37. The number of amides is 1. The molecule has 0 fully saturated rings. The fourth-order valence-corrected chi connectivity index (χ4v) is 8.61. The molecule has 2 atom stereocenters. The van der Waals surface area contributed by atoms with Crippen LogP contribution in [0.2, 0.25) is 0 Å². The van der Waals surface area contributed by atoms with Gasteiger partial charge < -0.3 is 10.1 Å². The maximum absolute atomic E-state index is 14.0. The average Bonchev–Trinajstić information content (AvgIpc) is 3.72. The number of sulfonamides is 1. The molecule has 3 aromatic carbocycles. The minimum atomic E-state index is -3.84. The smallest absolute Gasteiger partial charge is 0.271 e. The molecule has 0 spiro atoms. The summed E-state index contributed by atoms with van der Waals surface area (Å²) in [6, 6.07) is 17.1. The van der Waals surface area contributed by atoms with E-state index in [4.69, 9.17) is 4.74 Å². The molecule has 12 heteroatoms. The van der Waals surface area contributed by atoms with Gasteiger partial charge in [-0.2, -0.15) is 4.31 Å². The van der Waals surface area contributed by atoms with Crippen LogP contribution in [-0.2, 0) is 23.1 Å². The molecule has 1 aliphatic heterocycles. The summed E-state index contributed by atoms with van der Waals surface area (Å²) >= 11 is 1.37. The third-order valence-electron chi connectivity index (χ3n) is 9.09. The molecule has 10 nitrogen and oxygen atoms in total. The summed E-state index contributed by atoms with van der Waals surface area (Å²) in [5.74, 6) is -0.200. The number of aryl methyl sites for hydroxylation is 3. The molecule has 3 heterocycles. The number of nitrogens with one attached hydrogen (secondary N) is 1. The molecule has 1 unspecified atom stereocenters. The van der Waals surface area contributed by atoms with Crippen molar-refractivity contribution in [3.63, 3.8) is 0 Å². The van der Waals surface area contributed by atoms with Crippen LogP contribution in [0, 0.1) is 13.8 Å². The standard InChI is InChI=1S/C35H40N6O4S2/c1-7-26-19-40(47(43,44)31-12-10-9-11-30(31)45-26)18-25-17-24(14-13-22(25)3)32(35(5,6)37-34(42)28-20-46-21-36-28)27-15-16-29-33(23(27)4)38-39-41(29)8-2/h9-17,20-21,26,32H,7-8,18-19H2,1-6H3,(H,37,42)/t26-,32?/m1/s1. The Morgan fingerprint density at radius 1 is 1.13 bits per heavy atom. The summed E-state index contributed by atoms with van der Waals surface area (Å²) in [6.45, 7) is 13.2. The minimum absolute atomic E-state index is 0.178. The number of para-hydroxylation sites is 1. The van der Waals surface area contributed by atoms with Crippen molar-refractivity contribution in [2.75, 3.05) is 6.54 Å². The number of carbonyl (C=O) groups excluding carboxylic acids is 1. The zero-order valence-corrected chi connectivity index (χ0v) is 29.2. The second-order valence-corrected chi connectivity index (χ2v) is 15.2. The molecule has 1 aliphatic rings. The van der Waals surface area contributed by atoms with E-state index in [1.807, 2.05) is 58.4 Å². The molecule has 246 valence electrons. The second kappa shape index (κ2) is 12.8. The van der Waals surface area contributed by atoms with Crippen LogP contribution in [0.25, 0.3) is 11.0 Å². The van der Waals surface area contributed by atoms with Gasteiger partial charge in [0.2, 0.25) is 10.0 Å². The van der Waals surface area contributed by atoms with Crippen LogP contribution in [0.4, 0.5) is 0 Å². The number of carbonyl (C=O) groups is 1. The number of nitrogens with zero attached hydrogens (tertiary/aromatic N) is 5. The third kappa shape index (κ3) is 6.17. The van der Waals surface area contributed by atoms with Gasteiger partial charge in [0.1, 0.15) is 28.0 Å². The van der Waals surface area contributed by atoms with Crippen molar-refractivity contribution in [3.8, 4) is 5.75 Å². The maximum Gasteiger partial charge on any atom is 0.271 e. The summed E-state index contributed by atoms with van der Waals surface area (Å²) < 4.78 is 37.6. The lowest BCUT2D eigenvalue weighted by atomic mass is 9.74. The molecule has 0 saturated carbocycles. The Balaban J connectivity index is 1.45. The first kappa shape index (κ1) is 32.8. The molecule has 2 aromatic heterocycles. The zero-order valence-electron chi connectivity index (χ0n) is 27.5. The van der Waals surface area contributed by atoms with Gasteiger partial charge in [-0.1, -0.05) is 48.5 Å². The Labute approximate surface area is 279 Å². The predicted molar refractivity (Wildman–Crippen MR) is 183 cm³/mol. The quantitative estimate of drug-likeness (QED) is 0.197. The van der Waals surface area contributed by atoms with Crippen LogP contribution in [0.5, 0.6) is 5.75 Å². The van der Waals surface area contributed by atoms with Crippen LogP contribution < -0.4 is 10.1 Å². The molecule has 0 aliphatic carbocycles. The fraction of sp³-hybridized carbons (Fsp3) is 0.371. The van der Waals surface area contributed by atoms with Crippen molar-refractivity contribution >= 4 is 38.3 Å². The maximum atomic E-state index is 14.0. The van der Waals surface area contributed by atoms with E-state index >= 15 is 0 Å². The van der Waals surface area contributed by atoms with Crippen LogP contribution in [-0.4, -0.2) is 56.8 Å². The first-order valence-corrected chi connectivity index (χ1v) is 18.2. The lowest BCUT2D eigenvalue weighted by Crippen LogP contribution is -2.48. The van der Waals surface area contributed by atoms with E-state index in [9.17, 15) is 13.2 Å². The summed E-state index contributed by atoms with van der Waals surface area (Å²) in [5.41, 5.74) is 7.72. The molecule has 0 radical (unpaired) electrons. The third-order valence-corrected chi connectivity index (χ3v) is 11.5. The second-order valence-electron chi connectivity index (χ2n) is 12.6. The highest BCUT2D eigenvalue weighted by atomic mass is 32.2.